The molecule has 2 aromatic heterocycles. The van der Waals surface area contributed by atoms with Gasteiger partial charge in [0.2, 0.25) is 0 Å². The van der Waals surface area contributed by atoms with Crippen LogP contribution in [0.15, 0.2) is 18.5 Å². The maximum atomic E-state index is 12.7. The summed E-state index contributed by atoms with van der Waals surface area (Å²) < 4.78 is 38.1. The van der Waals surface area contributed by atoms with Crippen molar-refractivity contribution in [1.29, 1.82) is 0 Å². The molecular weight excluding hydrogens is 229 g/mol. The predicted molar refractivity (Wildman–Crippen MR) is 57.7 cm³/mol. The largest absolute Gasteiger partial charge is 0.392 e. The predicted octanol–water partition coefficient (Wildman–Crippen LogP) is 3.23. The second kappa shape index (κ2) is 3.48. The highest BCUT2D eigenvalue weighted by molar-refractivity contribution is 5.83. The van der Waals surface area contributed by atoms with Gasteiger partial charge in [-0.25, -0.2) is 0 Å². The summed E-state index contributed by atoms with van der Waals surface area (Å²) in [7, 11) is 0. The average Bonchev–Trinajstić information content (AvgIpc) is 2.65. The van der Waals surface area contributed by atoms with Crippen LogP contribution in [-0.4, -0.2) is 16.1 Å². The van der Waals surface area contributed by atoms with Crippen molar-refractivity contribution in [2.75, 3.05) is 0 Å². The molecule has 1 atom stereocenters. The van der Waals surface area contributed by atoms with Crippen LogP contribution in [0.3, 0.4) is 0 Å². The zero-order valence-electron chi connectivity index (χ0n) is 9.01. The Bertz CT molecular complexity index is 556. The zero-order chi connectivity index (χ0) is 12.0. The Morgan fingerprint density at radius 3 is 2.94 bits per heavy atom. The molecule has 1 unspecified atom stereocenters. The fraction of sp³-hybridized carbons (Fsp3) is 0.417. The van der Waals surface area contributed by atoms with Gasteiger partial charge in [-0.2, -0.15) is 13.2 Å². The van der Waals surface area contributed by atoms with Crippen LogP contribution < -0.4 is 0 Å². The molecular formula is C12H11F3N2. The van der Waals surface area contributed by atoms with Crippen LogP contribution in [0.2, 0.25) is 0 Å². The van der Waals surface area contributed by atoms with E-state index in [9.17, 15) is 13.2 Å². The lowest BCUT2D eigenvalue weighted by atomic mass is 9.86. The van der Waals surface area contributed by atoms with Crippen molar-refractivity contribution in [2.45, 2.75) is 25.4 Å². The van der Waals surface area contributed by atoms with Crippen molar-refractivity contribution in [3.8, 4) is 0 Å². The Balaban J connectivity index is 2.06. The van der Waals surface area contributed by atoms with E-state index in [1.54, 1.807) is 18.5 Å². The third-order valence-corrected chi connectivity index (χ3v) is 3.45. The van der Waals surface area contributed by atoms with Crippen LogP contribution in [0, 0.1) is 5.92 Å². The van der Waals surface area contributed by atoms with Gasteiger partial charge < -0.3 is 4.98 Å². The minimum atomic E-state index is -4.09. The topological polar surface area (TPSA) is 28.7 Å². The summed E-state index contributed by atoms with van der Waals surface area (Å²) in [5, 5.41) is 0.830. The van der Waals surface area contributed by atoms with E-state index < -0.39 is 12.1 Å². The molecule has 90 valence electrons. The molecule has 0 fully saturated rings. The van der Waals surface area contributed by atoms with E-state index in [2.05, 4.69) is 9.97 Å². The molecule has 2 aromatic rings. The first-order chi connectivity index (χ1) is 8.05. The fourth-order valence-corrected chi connectivity index (χ4v) is 2.54. The number of aromatic nitrogens is 2. The van der Waals surface area contributed by atoms with Gasteiger partial charge in [0.15, 0.2) is 0 Å². The Morgan fingerprint density at radius 2 is 2.18 bits per heavy atom. The molecule has 0 bridgehead atoms. The number of aryl methyl sites for hydroxylation is 1. The molecule has 2 nitrogen and oxygen atoms in total. The molecule has 2 heterocycles. The lowest BCUT2D eigenvalue weighted by molar-refractivity contribution is -0.177. The zero-order valence-corrected chi connectivity index (χ0v) is 9.01. The molecule has 0 saturated carbocycles. The van der Waals surface area contributed by atoms with E-state index in [1.807, 2.05) is 0 Å². The molecule has 0 saturated heterocycles. The van der Waals surface area contributed by atoms with Crippen molar-refractivity contribution in [2.24, 2.45) is 5.92 Å². The van der Waals surface area contributed by atoms with Crippen LogP contribution in [0.5, 0.6) is 0 Å². The summed E-state index contributed by atoms with van der Waals surface area (Å²) in [4.78, 5) is 7.16. The minimum Gasteiger partial charge on any atom is -0.358 e. The second-order valence-corrected chi connectivity index (χ2v) is 4.48. The molecule has 0 radical (unpaired) electrons. The first-order valence-electron chi connectivity index (χ1n) is 5.56. The first-order valence-corrected chi connectivity index (χ1v) is 5.56. The first kappa shape index (κ1) is 10.6. The Labute approximate surface area is 95.9 Å². The number of nitrogens with zero attached hydrogens (tertiary/aromatic N) is 1. The minimum absolute atomic E-state index is 0.0739. The van der Waals surface area contributed by atoms with Gasteiger partial charge in [0.25, 0.3) is 0 Å². The molecule has 5 heteroatoms. The summed E-state index contributed by atoms with van der Waals surface area (Å²) in [6.45, 7) is 0. The van der Waals surface area contributed by atoms with Gasteiger partial charge in [-0.05, 0) is 30.9 Å². The monoisotopic (exact) mass is 240 g/mol. The van der Waals surface area contributed by atoms with Crippen LogP contribution in [-0.2, 0) is 12.8 Å². The number of hydrogen-bond acceptors (Lipinski definition) is 1. The van der Waals surface area contributed by atoms with E-state index >= 15 is 0 Å². The van der Waals surface area contributed by atoms with Gasteiger partial charge in [-0.15, -0.1) is 0 Å². The van der Waals surface area contributed by atoms with E-state index in [4.69, 9.17) is 0 Å². The number of fused-ring (bicyclic) bond motifs is 3. The average molecular weight is 240 g/mol. The standard InChI is InChI=1S/C12H11F3N2/c13-12(14,15)7-1-2-10-8(5-7)9-6-16-4-3-11(9)17-10/h3-4,6-7,17H,1-2,5H2. The number of halogens is 3. The van der Waals surface area contributed by atoms with Gasteiger partial charge in [-0.3, -0.25) is 4.98 Å². The van der Waals surface area contributed by atoms with Gasteiger partial charge >= 0.3 is 6.18 Å². The lowest BCUT2D eigenvalue weighted by Gasteiger charge is -2.24. The maximum Gasteiger partial charge on any atom is 0.392 e. The SMILES string of the molecule is FC(F)(F)C1CCc2[nH]c3ccncc3c2C1. The normalized spacial score (nSPS) is 20.5. The van der Waals surface area contributed by atoms with E-state index in [1.165, 1.54) is 0 Å². The molecule has 0 amide bonds. The van der Waals surface area contributed by atoms with Crippen LogP contribution >= 0.6 is 0 Å². The van der Waals surface area contributed by atoms with Crippen molar-refractivity contribution < 1.29 is 13.2 Å². The summed E-state index contributed by atoms with van der Waals surface area (Å²) in [6, 6.07) is 1.80. The van der Waals surface area contributed by atoms with Crippen molar-refractivity contribution in [3.05, 3.63) is 29.7 Å². The van der Waals surface area contributed by atoms with Crippen molar-refractivity contribution >= 4 is 10.9 Å². The van der Waals surface area contributed by atoms with Gasteiger partial charge in [0.1, 0.15) is 0 Å². The fourth-order valence-electron chi connectivity index (χ4n) is 2.54. The molecule has 0 spiro atoms. The number of H-pyrrole nitrogens is 1. The maximum absolute atomic E-state index is 12.7. The molecule has 3 rings (SSSR count). The summed E-state index contributed by atoms with van der Waals surface area (Å²) in [5.41, 5.74) is 2.61. The Morgan fingerprint density at radius 1 is 1.35 bits per heavy atom. The van der Waals surface area contributed by atoms with Crippen LogP contribution in [0.4, 0.5) is 13.2 Å². The smallest absolute Gasteiger partial charge is 0.358 e. The quantitative estimate of drug-likeness (QED) is 0.752. The van der Waals surface area contributed by atoms with Crippen molar-refractivity contribution in [1.82, 2.24) is 9.97 Å². The van der Waals surface area contributed by atoms with E-state index in [-0.39, 0.29) is 12.8 Å². The molecule has 1 N–H and O–H groups in total. The van der Waals surface area contributed by atoms with E-state index in [0.29, 0.717) is 6.42 Å². The molecule has 1 aliphatic rings. The molecule has 17 heavy (non-hydrogen) atoms. The molecule has 0 aromatic carbocycles. The van der Waals surface area contributed by atoms with Gasteiger partial charge in [0.05, 0.1) is 5.92 Å². The highest BCUT2D eigenvalue weighted by Gasteiger charge is 2.41. The summed E-state index contributed by atoms with van der Waals surface area (Å²) >= 11 is 0. The highest BCUT2D eigenvalue weighted by atomic mass is 19.4. The molecule has 0 aliphatic heterocycles. The number of rotatable bonds is 0. The summed E-state index contributed by atoms with van der Waals surface area (Å²) in [5.74, 6) is -1.21. The highest BCUT2D eigenvalue weighted by Crippen LogP contribution is 2.39. The van der Waals surface area contributed by atoms with Gasteiger partial charge in [-0.1, -0.05) is 0 Å². The summed E-state index contributed by atoms with van der Waals surface area (Å²) in [6.07, 6.45) is -0.0894. The number of aromatic amines is 1. The lowest BCUT2D eigenvalue weighted by Crippen LogP contribution is -2.28. The van der Waals surface area contributed by atoms with E-state index in [0.717, 1.165) is 22.2 Å². The van der Waals surface area contributed by atoms with Crippen LogP contribution in [0.25, 0.3) is 10.9 Å². The number of nitrogens with one attached hydrogen (secondary N) is 1. The number of hydrogen-bond donors (Lipinski definition) is 1. The third-order valence-electron chi connectivity index (χ3n) is 3.45. The molecule has 1 aliphatic carbocycles. The third kappa shape index (κ3) is 1.69. The van der Waals surface area contributed by atoms with Gasteiger partial charge in [0, 0.05) is 29.0 Å². The Hall–Kier alpha value is -1.52. The number of pyridine rings is 1. The van der Waals surface area contributed by atoms with Crippen LogP contribution in [0.1, 0.15) is 17.7 Å². The number of alkyl halides is 3. The second-order valence-electron chi connectivity index (χ2n) is 4.48. The Kier molecular flexibility index (Phi) is 2.18. The van der Waals surface area contributed by atoms with Crippen molar-refractivity contribution in [3.63, 3.8) is 0 Å².